The van der Waals surface area contributed by atoms with E-state index in [1.165, 1.54) is 116 Å². The molecule has 1 unspecified atom stereocenters. The minimum atomic E-state index is -4.95. The molecule has 0 saturated heterocycles. The Morgan fingerprint density at radius 3 is 1.78 bits per heavy atom. The van der Waals surface area contributed by atoms with Gasteiger partial charge in [0.25, 0.3) is 13.7 Å². The van der Waals surface area contributed by atoms with Crippen molar-refractivity contribution in [1.82, 2.24) is 30.4 Å². The molecule has 23 heteroatoms. The van der Waals surface area contributed by atoms with Gasteiger partial charge >= 0.3 is 47.5 Å². The van der Waals surface area contributed by atoms with E-state index >= 15 is 0 Å². The summed E-state index contributed by atoms with van der Waals surface area (Å²) in [6.45, 7) is 3.94. The number of carboxylic acids is 1. The van der Waals surface area contributed by atoms with Gasteiger partial charge in [0, 0.05) is 70.2 Å². The van der Waals surface area contributed by atoms with Gasteiger partial charge in [-0.15, -0.1) is 0 Å². The summed E-state index contributed by atoms with van der Waals surface area (Å²) in [4.78, 5) is 113. The average Bonchev–Trinajstić information content (AvgIpc) is 1.83. The molecule has 0 aliphatic carbocycles. The van der Waals surface area contributed by atoms with Crippen LogP contribution in [0.3, 0.4) is 0 Å². The number of carbonyl (C=O) groups is 7. The van der Waals surface area contributed by atoms with E-state index in [2.05, 4.69) is 39.8 Å². The standard InChI is InChI=1S/C68H110N7O14P.Na/c1-4-6-8-10-12-14-16-18-20-22-24-26-30-38-65(80)86-52-56(89-66(81)39-31-27-25-23-21-19-17-15-13-11-9-7-5-2)53-88-90(84,85)87-47-45-70-63(77)43-42-62(76)69-44-34-28-29-35-46-75-50-55-48-54(40-41-57(55)71-60(68(75)83)49-64(78)79)67(82)74(3)51-61-72-58-36-32-33-37-59(58)73-61;/h32-33,36-37,40-41,48,56,60,71H,4-31,34-35,38-39,42-47,49-53H2,1-3H3,(H,69,76)(H,70,77)(H,72,73)(H,78,79)(H,84,85);/q;+1/p-1/t56-,60-;/m1./s1. The number of unbranched alkanes of at least 4 members (excludes halogenated alkanes) is 27. The number of aliphatic carboxylic acids is 1. The first kappa shape index (κ1) is 80.3. The molecule has 0 saturated carbocycles. The van der Waals surface area contributed by atoms with Crippen molar-refractivity contribution in [3.05, 3.63) is 59.4 Å². The second kappa shape index (κ2) is 48.8. The number of esters is 2. The average molecular weight is 1300 g/mol. The third-order valence-corrected chi connectivity index (χ3v) is 17.2. The Kier molecular flexibility index (Phi) is 43.1. The Bertz CT molecular complexity index is 2590. The number of rotatable bonds is 53. The van der Waals surface area contributed by atoms with Gasteiger partial charge in [0.15, 0.2) is 6.10 Å². The number of anilines is 1. The molecule has 0 radical (unpaired) electrons. The number of hydrogen-bond acceptors (Lipinski definition) is 15. The van der Waals surface area contributed by atoms with Crippen LogP contribution in [0.1, 0.15) is 260 Å². The quantitative estimate of drug-likeness (QED) is 0.0152. The van der Waals surface area contributed by atoms with Crippen LogP contribution in [0.5, 0.6) is 0 Å². The van der Waals surface area contributed by atoms with E-state index < -0.39 is 63.4 Å². The number of aromatic amines is 1. The number of ether oxygens (including phenoxy) is 2. The largest absolute Gasteiger partial charge is 1.00 e. The second-order valence-corrected chi connectivity index (χ2v) is 25.7. The number of hydrogen-bond donors (Lipinski definition) is 5. The molecule has 506 valence electrons. The summed E-state index contributed by atoms with van der Waals surface area (Å²) >= 11 is 0. The first-order chi connectivity index (χ1) is 43.6. The molecule has 4 rings (SSSR count). The number of carbonyl (C=O) groups excluding carboxylic acids is 6. The Balaban J connectivity index is 0.0000216. The first-order valence-corrected chi connectivity index (χ1v) is 35.6. The van der Waals surface area contributed by atoms with Gasteiger partial charge in [-0.3, -0.25) is 38.1 Å². The van der Waals surface area contributed by atoms with Crippen LogP contribution in [-0.4, -0.2) is 125 Å². The van der Waals surface area contributed by atoms with Crippen LogP contribution in [0.15, 0.2) is 42.5 Å². The summed E-state index contributed by atoms with van der Waals surface area (Å²) in [6, 6.07) is 11.7. The molecule has 1 aliphatic heterocycles. The van der Waals surface area contributed by atoms with Gasteiger partial charge in [0.05, 0.1) is 37.2 Å². The Labute approximate surface area is 564 Å². The van der Waals surface area contributed by atoms with E-state index in [1.807, 2.05) is 24.3 Å². The van der Waals surface area contributed by atoms with E-state index in [0.717, 1.165) is 56.0 Å². The zero-order valence-electron chi connectivity index (χ0n) is 55.6. The molecular formula is C68H109N7NaO14P. The fraction of sp³-hybridized carbons (Fsp3) is 0.706. The number of H-pyrrole nitrogens is 1. The Morgan fingerprint density at radius 1 is 0.681 bits per heavy atom. The summed E-state index contributed by atoms with van der Waals surface area (Å²) in [5, 5.41) is 18.1. The van der Waals surface area contributed by atoms with Crippen molar-refractivity contribution >= 4 is 66.1 Å². The number of carboxylic acid groups (broad SMARTS) is 1. The number of phosphoric acid groups is 1. The van der Waals surface area contributed by atoms with Gasteiger partial charge in [0.1, 0.15) is 18.5 Å². The molecular weight excluding hydrogens is 1190 g/mol. The first-order valence-electron chi connectivity index (χ1n) is 34.1. The number of amides is 4. The van der Waals surface area contributed by atoms with Gasteiger partial charge in [0.2, 0.25) is 17.7 Å². The molecule has 21 nitrogen and oxygen atoms in total. The normalized spacial score (nSPS) is 13.9. The minimum absolute atomic E-state index is 0. The topological polar surface area (TPSA) is 288 Å². The van der Waals surface area contributed by atoms with Crippen LogP contribution >= 0.6 is 7.82 Å². The number of imidazole rings is 1. The fourth-order valence-electron chi connectivity index (χ4n) is 11.0. The number of nitrogens with one attached hydrogen (secondary N) is 4. The fourth-order valence-corrected chi connectivity index (χ4v) is 11.8. The zero-order chi connectivity index (χ0) is 65.0. The summed E-state index contributed by atoms with van der Waals surface area (Å²) in [7, 11) is -3.26. The predicted octanol–water partition coefficient (Wildman–Crippen LogP) is 9.93. The van der Waals surface area contributed by atoms with Crippen LogP contribution in [0.2, 0.25) is 0 Å². The van der Waals surface area contributed by atoms with Crippen LogP contribution in [0.25, 0.3) is 11.0 Å². The van der Waals surface area contributed by atoms with Crippen molar-refractivity contribution in [2.24, 2.45) is 0 Å². The number of benzene rings is 2. The number of para-hydroxylation sites is 2. The van der Waals surface area contributed by atoms with E-state index in [1.54, 1.807) is 35.0 Å². The molecule has 2 aromatic carbocycles. The molecule has 91 heavy (non-hydrogen) atoms. The van der Waals surface area contributed by atoms with Crippen LogP contribution in [0.4, 0.5) is 5.69 Å². The van der Waals surface area contributed by atoms with Crippen molar-refractivity contribution in [3.63, 3.8) is 0 Å². The molecule has 1 aromatic heterocycles. The van der Waals surface area contributed by atoms with Gasteiger partial charge in [-0.25, -0.2) is 4.98 Å². The van der Waals surface area contributed by atoms with Gasteiger partial charge < -0.3 is 59.3 Å². The second-order valence-electron chi connectivity index (χ2n) is 24.3. The molecule has 2 heterocycles. The van der Waals surface area contributed by atoms with Crippen molar-refractivity contribution in [2.75, 3.05) is 51.8 Å². The molecule has 5 N–H and O–H groups in total. The van der Waals surface area contributed by atoms with Gasteiger partial charge in [-0.2, -0.15) is 0 Å². The number of aromatic nitrogens is 2. The predicted molar refractivity (Wildman–Crippen MR) is 348 cm³/mol. The van der Waals surface area contributed by atoms with Crippen molar-refractivity contribution in [3.8, 4) is 0 Å². The van der Waals surface area contributed by atoms with Crippen molar-refractivity contribution in [2.45, 2.75) is 264 Å². The van der Waals surface area contributed by atoms with E-state index in [-0.39, 0.29) is 99.2 Å². The van der Waals surface area contributed by atoms with Crippen molar-refractivity contribution < 1.29 is 96.2 Å². The number of fused-ring (bicyclic) bond motifs is 2. The number of phosphoric ester groups is 1. The monoisotopic (exact) mass is 1300 g/mol. The third kappa shape index (κ3) is 36.4. The summed E-state index contributed by atoms with van der Waals surface area (Å²) < 4.78 is 33.8. The molecule has 0 spiro atoms. The maximum Gasteiger partial charge on any atom is 1.00 e. The summed E-state index contributed by atoms with van der Waals surface area (Å²) in [5.41, 5.74) is 3.35. The molecule has 1 aliphatic rings. The zero-order valence-corrected chi connectivity index (χ0v) is 58.5. The SMILES string of the molecule is CCCCCCCCCCCCCCCC(=O)OC[C@H](COP(=O)([O-])OCCNC(=O)CCC(=O)NCCCCCCN1Cc2cc(C(=O)N(C)Cc3nc4ccccc4[nH]3)ccc2N[C@H](CC(=O)O)C1=O)OC(=O)CCCCCCCCCCCCCCC.[Na+]. The van der Waals surface area contributed by atoms with Gasteiger partial charge in [-0.05, 0) is 61.6 Å². The van der Waals surface area contributed by atoms with Crippen LogP contribution in [-0.2, 0) is 64.9 Å². The van der Waals surface area contributed by atoms with Crippen LogP contribution < -0.4 is 50.4 Å². The summed E-state index contributed by atoms with van der Waals surface area (Å²) in [6.07, 6.45) is 31.5. The van der Waals surface area contributed by atoms with E-state index in [4.69, 9.17) is 18.5 Å². The van der Waals surface area contributed by atoms with Gasteiger partial charge in [-0.1, -0.05) is 193 Å². The third-order valence-electron chi connectivity index (χ3n) is 16.2. The number of nitrogens with zero attached hydrogens (tertiary/aromatic N) is 3. The molecule has 4 amide bonds. The van der Waals surface area contributed by atoms with E-state index in [9.17, 15) is 48.1 Å². The van der Waals surface area contributed by atoms with Crippen molar-refractivity contribution in [1.29, 1.82) is 0 Å². The molecule has 3 aromatic rings. The Hall–Kier alpha value is -4.89. The van der Waals surface area contributed by atoms with Crippen LogP contribution in [0, 0.1) is 0 Å². The molecule has 0 fully saturated rings. The Morgan fingerprint density at radius 2 is 1.21 bits per heavy atom. The molecule has 0 bridgehead atoms. The van der Waals surface area contributed by atoms with E-state index in [0.29, 0.717) is 67.8 Å². The maximum absolute atomic E-state index is 13.7. The summed E-state index contributed by atoms with van der Waals surface area (Å²) in [5.74, 6) is -2.92. The minimum Gasteiger partial charge on any atom is -0.756 e. The smallest absolute Gasteiger partial charge is 0.756 e. The molecule has 3 atom stereocenters. The maximum atomic E-state index is 13.7.